The van der Waals surface area contributed by atoms with Crippen molar-refractivity contribution >= 4 is 13.3 Å². The van der Waals surface area contributed by atoms with Crippen molar-refractivity contribution in [1.82, 2.24) is 4.98 Å². The molecule has 0 saturated carbocycles. The van der Waals surface area contributed by atoms with E-state index in [1.807, 2.05) is 12.4 Å². The molecule has 4 rings (SSSR count). The smallest absolute Gasteiger partial charge is 0.0846 e. The van der Waals surface area contributed by atoms with E-state index in [2.05, 4.69) is 84.8 Å². The Balaban J connectivity index is 1.84. The molecule has 126 valence electrons. The minimum Gasteiger partial charge on any atom is -0.265 e. The third-order valence-electron chi connectivity index (χ3n) is 6.03. The lowest BCUT2D eigenvalue weighted by Crippen LogP contribution is -2.49. The number of fused-ring (bicyclic) bond motifs is 1. The first kappa shape index (κ1) is 16.3. The predicted octanol–water partition coefficient (Wildman–Crippen LogP) is 5.15. The minimum atomic E-state index is -1.61. The lowest BCUT2D eigenvalue weighted by Gasteiger charge is -2.43. The molecule has 0 spiro atoms. The number of aromatic nitrogens is 1. The highest BCUT2D eigenvalue weighted by Gasteiger charge is 2.42. The summed E-state index contributed by atoms with van der Waals surface area (Å²) in [5, 5.41) is 1.57. The third kappa shape index (κ3) is 2.95. The summed E-state index contributed by atoms with van der Waals surface area (Å²) in [7, 11) is -1.61. The van der Waals surface area contributed by atoms with Gasteiger partial charge in [0.15, 0.2) is 0 Å². The topological polar surface area (TPSA) is 12.9 Å². The molecule has 2 aromatic carbocycles. The molecule has 0 fully saturated rings. The van der Waals surface area contributed by atoms with Crippen molar-refractivity contribution < 1.29 is 0 Å². The molecule has 0 saturated heterocycles. The largest absolute Gasteiger partial charge is 0.265 e. The van der Waals surface area contributed by atoms with Gasteiger partial charge in [0.1, 0.15) is 0 Å². The Hall–Kier alpha value is -2.19. The Bertz CT molecular complexity index is 842. The quantitative estimate of drug-likeness (QED) is 0.600. The van der Waals surface area contributed by atoms with E-state index in [0.717, 1.165) is 0 Å². The van der Waals surface area contributed by atoms with Crippen LogP contribution in [0.1, 0.15) is 29.0 Å². The Kier molecular flexibility index (Phi) is 4.30. The Labute approximate surface area is 151 Å². The van der Waals surface area contributed by atoms with Gasteiger partial charge in [0.25, 0.3) is 0 Å². The van der Waals surface area contributed by atoms with Crippen LogP contribution in [-0.2, 0) is 6.42 Å². The van der Waals surface area contributed by atoms with Crippen LogP contribution in [0.25, 0.3) is 0 Å². The van der Waals surface area contributed by atoms with Crippen molar-refractivity contribution in [3.63, 3.8) is 0 Å². The van der Waals surface area contributed by atoms with Crippen molar-refractivity contribution in [2.75, 3.05) is 0 Å². The number of benzene rings is 2. The lowest BCUT2D eigenvalue weighted by atomic mass is 9.78. The molecule has 1 aliphatic carbocycles. The zero-order chi connectivity index (χ0) is 17.3. The standard InChI is InChI=1S/C23H25NSi/c1-25(2,20-9-4-3-5-10-20)22-13-12-18-8-6-7-11-21(18)23(22)19-14-16-24-17-15-19/h3-11,14-17,22-23H,12-13H2,1-2H3. The lowest BCUT2D eigenvalue weighted by molar-refractivity contribution is 0.598. The van der Waals surface area contributed by atoms with Crippen LogP contribution in [0.15, 0.2) is 79.1 Å². The number of pyridine rings is 1. The molecular weight excluding hydrogens is 318 g/mol. The maximum atomic E-state index is 4.25. The first-order valence-corrected chi connectivity index (χ1v) is 12.3. The first-order valence-electron chi connectivity index (χ1n) is 9.21. The normalized spacial score (nSPS) is 20.1. The molecule has 2 atom stereocenters. The van der Waals surface area contributed by atoms with E-state index in [1.165, 1.54) is 29.5 Å². The summed E-state index contributed by atoms with van der Waals surface area (Å²) >= 11 is 0. The maximum Gasteiger partial charge on any atom is 0.0846 e. The summed E-state index contributed by atoms with van der Waals surface area (Å²) in [5.74, 6) is 0.481. The van der Waals surface area contributed by atoms with Crippen LogP contribution in [0.2, 0.25) is 18.6 Å². The van der Waals surface area contributed by atoms with E-state index in [1.54, 1.807) is 5.19 Å². The Morgan fingerprint density at radius 1 is 0.840 bits per heavy atom. The third-order valence-corrected chi connectivity index (χ3v) is 10.3. The summed E-state index contributed by atoms with van der Waals surface area (Å²) in [6, 6.07) is 24.7. The van der Waals surface area contributed by atoms with Crippen LogP contribution in [-0.4, -0.2) is 13.1 Å². The second-order valence-corrected chi connectivity index (χ2v) is 12.5. The van der Waals surface area contributed by atoms with Gasteiger partial charge in [-0.1, -0.05) is 72.9 Å². The van der Waals surface area contributed by atoms with Gasteiger partial charge < -0.3 is 0 Å². The van der Waals surface area contributed by atoms with Gasteiger partial charge >= 0.3 is 0 Å². The molecule has 0 N–H and O–H groups in total. The highest BCUT2D eigenvalue weighted by atomic mass is 28.3. The molecule has 2 heteroatoms. The van der Waals surface area contributed by atoms with Gasteiger partial charge in [0.2, 0.25) is 0 Å². The van der Waals surface area contributed by atoms with Crippen molar-refractivity contribution in [2.45, 2.75) is 37.4 Å². The molecular formula is C23H25NSi. The first-order chi connectivity index (χ1) is 12.2. The second kappa shape index (κ2) is 6.60. The van der Waals surface area contributed by atoms with Crippen molar-refractivity contribution in [3.8, 4) is 0 Å². The van der Waals surface area contributed by atoms with Gasteiger partial charge in [-0.3, -0.25) is 4.98 Å². The van der Waals surface area contributed by atoms with Crippen LogP contribution in [0.3, 0.4) is 0 Å². The van der Waals surface area contributed by atoms with E-state index < -0.39 is 8.07 Å². The van der Waals surface area contributed by atoms with Gasteiger partial charge in [-0.05, 0) is 47.2 Å². The summed E-state index contributed by atoms with van der Waals surface area (Å²) in [4.78, 5) is 4.25. The van der Waals surface area contributed by atoms with Gasteiger partial charge in [0, 0.05) is 18.3 Å². The summed E-state index contributed by atoms with van der Waals surface area (Å²) in [5.41, 5.74) is 5.18. The molecule has 0 amide bonds. The molecule has 1 aliphatic rings. The van der Waals surface area contributed by atoms with E-state index >= 15 is 0 Å². The van der Waals surface area contributed by atoms with Crippen molar-refractivity contribution in [3.05, 3.63) is 95.8 Å². The average Bonchev–Trinajstić information content (AvgIpc) is 2.68. The van der Waals surface area contributed by atoms with E-state index in [-0.39, 0.29) is 0 Å². The fourth-order valence-electron chi connectivity index (χ4n) is 4.60. The molecule has 0 radical (unpaired) electrons. The van der Waals surface area contributed by atoms with Gasteiger partial charge in [0.05, 0.1) is 8.07 Å². The van der Waals surface area contributed by atoms with Crippen molar-refractivity contribution in [1.29, 1.82) is 0 Å². The van der Waals surface area contributed by atoms with Crippen LogP contribution >= 0.6 is 0 Å². The molecule has 2 unspecified atom stereocenters. The molecule has 0 bridgehead atoms. The second-order valence-electron chi connectivity index (χ2n) is 7.69. The maximum absolute atomic E-state index is 4.25. The summed E-state index contributed by atoms with van der Waals surface area (Å²) in [6.07, 6.45) is 6.37. The van der Waals surface area contributed by atoms with Crippen LogP contribution in [0.4, 0.5) is 0 Å². The van der Waals surface area contributed by atoms with Crippen LogP contribution < -0.4 is 5.19 Å². The number of aryl methyl sites for hydroxylation is 1. The number of rotatable bonds is 3. The number of nitrogens with zero attached hydrogens (tertiary/aromatic N) is 1. The molecule has 3 aromatic rings. The molecule has 1 heterocycles. The molecule has 1 nitrogen and oxygen atoms in total. The van der Waals surface area contributed by atoms with E-state index in [4.69, 9.17) is 0 Å². The molecule has 25 heavy (non-hydrogen) atoms. The molecule has 0 aliphatic heterocycles. The zero-order valence-electron chi connectivity index (χ0n) is 15.0. The fraction of sp³-hybridized carbons (Fsp3) is 0.261. The van der Waals surface area contributed by atoms with Gasteiger partial charge in [-0.25, -0.2) is 0 Å². The predicted molar refractivity (Wildman–Crippen MR) is 108 cm³/mol. The minimum absolute atomic E-state index is 0.481. The Morgan fingerprint density at radius 3 is 2.28 bits per heavy atom. The number of hydrogen-bond donors (Lipinski definition) is 0. The molecule has 1 aromatic heterocycles. The van der Waals surface area contributed by atoms with Crippen LogP contribution in [0, 0.1) is 0 Å². The zero-order valence-corrected chi connectivity index (χ0v) is 16.0. The average molecular weight is 344 g/mol. The summed E-state index contributed by atoms with van der Waals surface area (Å²) < 4.78 is 0. The fourth-order valence-corrected chi connectivity index (χ4v) is 8.15. The number of hydrogen-bond acceptors (Lipinski definition) is 1. The summed E-state index contributed by atoms with van der Waals surface area (Å²) in [6.45, 7) is 5.10. The highest BCUT2D eigenvalue weighted by Crippen LogP contribution is 2.48. The monoisotopic (exact) mass is 343 g/mol. The van der Waals surface area contributed by atoms with E-state index in [9.17, 15) is 0 Å². The highest BCUT2D eigenvalue weighted by molar-refractivity contribution is 6.91. The van der Waals surface area contributed by atoms with Crippen LogP contribution in [0.5, 0.6) is 0 Å². The SMILES string of the molecule is C[Si](C)(c1ccccc1)C1CCc2ccccc2C1c1ccncc1. The van der Waals surface area contributed by atoms with E-state index in [0.29, 0.717) is 11.5 Å². The van der Waals surface area contributed by atoms with Gasteiger partial charge in [-0.2, -0.15) is 0 Å². The van der Waals surface area contributed by atoms with Crippen molar-refractivity contribution in [2.24, 2.45) is 0 Å². The van der Waals surface area contributed by atoms with Gasteiger partial charge in [-0.15, -0.1) is 0 Å². The Morgan fingerprint density at radius 2 is 1.52 bits per heavy atom.